The first-order valence-electron chi connectivity index (χ1n) is 5.88. The molecule has 0 amide bonds. The lowest BCUT2D eigenvalue weighted by atomic mass is 9.86. The maximum atomic E-state index is 5.43. The van der Waals surface area contributed by atoms with E-state index in [4.69, 9.17) is 11.5 Å². The number of nitrogens with zero attached hydrogens (tertiary/aromatic N) is 1. The van der Waals surface area contributed by atoms with E-state index in [2.05, 4.69) is 23.2 Å². The zero-order valence-corrected chi connectivity index (χ0v) is 9.74. The number of guanidine groups is 1. The van der Waals surface area contributed by atoms with Gasteiger partial charge in [0.1, 0.15) is 0 Å². The van der Waals surface area contributed by atoms with Crippen molar-refractivity contribution in [3.63, 3.8) is 0 Å². The van der Waals surface area contributed by atoms with E-state index in [0.717, 1.165) is 6.42 Å². The number of hydrogen-bond acceptors (Lipinski definition) is 1. The van der Waals surface area contributed by atoms with E-state index in [0.29, 0.717) is 0 Å². The minimum atomic E-state index is 0.0676. The molecule has 0 radical (unpaired) electrons. The second-order valence-corrected chi connectivity index (χ2v) is 4.42. The zero-order valence-electron chi connectivity index (χ0n) is 9.74. The molecular formula is C13H19N3. The Kier molecular flexibility index (Phi) is 3.13. The first-order chi connectivity index (χ1) is 7.68. The smallest absolute Gasteiger partial charge is 0.186 e. The van der Waals surface area contributed by atoms with Gasteiger partial charge in [-0.25, -0.2) is 4.99 Å². The minimum Gasteiger partial charge on any atom is -0.370 e. The molecule has 3 heteroatoms. The van der Waals surface area contributed by atoms with Gasteiger partial charge in [0, 0.05) is 0 Å². The zero-order chi connectivity index (χ0) is 11.5. The number of rotatable bonds is 2. The number of aryl methyl sites for hydroxylation is 1. The Morgan fingerprint density at radius 2 is 2.00 bits per heavy atom. The molecule has 0 saturated heterocycles. The predicted molar refractivity (Wildman–Crippen MR) is 67.3 cm³/mol. The Hall–Kier alpha value is -1.51. The molecule has 1 aromatic rings. The van der Waals surface area contributed by atoms with Gasteiger partial charge in [0.25, 0.3) is 0 Å². The summed E-state index contributed by atoms with van der Waals surface area (Å²) in [5.41, 5.74) is 15.1. The maximum absolute atomic E-state index is 5.43. The molecule has 4 N–H and O–H groups in total. The topological polar surface area (TPSA) is 64.4 Å². The van der Waals surface area contributed by atoms with Crippen LogP contribution >= 0.6 is 0 Å². The van der Waals surface area contributed by atoms with Crippen LogP contribution in [0.1, 0.15) is 42.5 Å². The third-order valence-electron chi connectivity index (χ3n) is 3.22. The summed E-state index contributed by atoms with van der Waals surface area (Å²) in [6.45, 7) is 2.05. The summed E-state index contributed by atoms with van der Waals surface area (Å²) >= 11 is 0. The molecule has 0 aromatic heterocycles. The SMILES string of the molecule is CC(N=C(N)N)c1cccc2c1CCCC2. The summed E-state index contributed by atoms with van der Waals surface area (Å²) in [6, 6.07) is 6.54. The standard InChI is InChI=1S/C13H19N3/c1-9(16-13(14)15)11-8-4-6-10-5-2-3-7-12(10)11/h4,6,8-9H,2-3,5,7H2,1H3,(H4,14,15,16). The fraction of sp³-hybridized carbons (Fsp3) is 0.462. The van der Waals surface area contributed by atoms with Crippen LogP contribution in [0.25, 0.3) is 0 Å². The molecule has 16 heavy (non-hydrogen) atoms. The van der Waals surface area contributed by atoms with E-state index < -0.39 is 0 Å². The fourth-order valence-electron chi connectivity index (χ4n) is 2.50. The summed E-state index contributed by atoms with van der Waals surface area (Å²) in [5.74, 6) is 0.168. The summed E-state index contributed by atoms with van der Waals surface area (Å²) in [7, 11) is 0. The molecule has 86 valence electrons. The van der Waals surface area contributed by atoms with E-state index in [9.17, 15) is 0 Å². The highest BCUT2D eigenvalue weighted by Crippen LogP contribution is 2.29. The monoisotopic (exact) mass is 217 g/mol. The Morgan fingerprint density at radius 1 is 1.25 bits per heavy atom. The molecule has 1 aliphatic rings. The van der Waals surface area contributed by atoms with Gasteiger partial charge >= 0.3 is 0 Å². The van der Waals surface area contributed by atoms with Crippen LogP contribution in [-0.2, 0) is 12.8 Å². The van der Waals surface area contributed by atoms with Crippen molar-refractivity contribution in [1.29, 1.82) is 0 Å². The Morgan fingerprint density at radius 3 is 2.75 bits per heavy atom. The van der Waals surface area contributed by atoms with Crippen LogP contribution in [0.2, 0.25) is 0 Å². The third kappa shape index (κ3) is 2.18. The van der Waals surface area contributed by atoms with Crippen molar-refractivity contribution in [3.8, 4) is 0 Å². The summed E-state index contributed by atoms with van der Waals surface area (Å²) < 4.78 is 0. The Bertz CT molecular complexity index is 406. The fourth-order valence-corrected chi connectivity index (χ4v) is 2.50. The summed E-state index contributed by atoms with van der Waals surface area (Å²) in [4.78, 5) is 4.23. The van der Waals surface area contributed by atoms with Crippen LogP contribution in [0.15, 0.2) is 23.2 Å². The summed E-state index contributed by atoms with van der Waals surface area (Å²) in [5, 5.41) is 0. The van der Waals surface area contributed by atoms with E-state index in [1.165, 1.54) is 36.0 Å². The highest BCUT2D eigenvalue weighted by atomic mass is 15.0. The number of benzene rings is 1. The van der Waals surface area contributed by atoms with Gasteiger partial charge in [-0.15, -0.1) is 0 Å². The number of hydrogen-bond donors (Lipinski definition) is 2. The molecule has 1 unspecified atom stereocenters. The van der Waals surface area contributed by atoms with Gasteiger partial charge in [0.15, 0.2) is 5.96 Å². The van der Waals surface area contributed by atoms with Gasteiger partial charge in [-0.2, -0.15) is 0 Å². The molecular weight excluding hydrogens is 198 g/mol. The van der Waals surface area contributed by atoms with Crippen LogP contribution in [0.4, 0.5) is 0 Å². The highest BCUT2D eigenvalue weighted by molar-refractivity contribution is 5.76. The first kappa shape index (κ1) is 11.0. The van der Waals surface area contributed by atoms with E-state index in [1.807, 2.05) is 6.92 Å². The van der Waals surface area contributed by atoms with Crippen molar-refractivity contribution in [2.45, 2.75) is 38.6 Å². The normalized spacial score (nSPS) is 16.3. The molecule has 0 saturated carbocycles. The number of fused-ring (bicyclic) bond motifs is 1. The molecule has 2 rings (SSSR count). The Labute approximate surface area is 96.6 Å². The molecule has 1 aliphatic carbocycles. The molecule has 0 heterocycles. The minimum absolute atomic E-state index is 0.0676. The highest BCUT2D eigenvalue weighted by Gasteiger charge is 2.16. The molecule has 0 aliphatic heterocycles. The van der Waals surface area contributed by atoms with Gasteiger partial charge in [-0.1, -0.05) is 18.2 Å². The molecule has 0 fully saturated rings. The van der Waals surface area contributed by atoms with Crippen molar-refractivity contribution >= 4 is 5.96 Å². The van der Waals surface area contributed by atoms with Crippen LogP contribution in [0.3, 0.4) is 0 Å². The second kappa shape index (κ2) is 4.56. The van der Waals surface area contributed by atoms with Gasteiger partial charge < -0.3 is 11.5 Å². The van der Waals surface area contributed by atoms with Crippen LogP contribution < -0.4 is 11.5 Å². The average molecular weight is 217 g/mol. The van der Waals surface area contributed by atoms with Gasteiger partial charge in [0.2, 0.25) is 0 Å². The lowest BCUT2D eigenvalue weighted by Crippen LogP contribution is -2.23. The van der Waals surface area contributed by atoms with E-state index in [-0.39, 0.29) is 12.0 Å². The maximum Gasteiger partial charge on any atom is 0.186 e. The van der Waals surface area contributed by atoms with Gasteiger partial charge in [0.05, 0.1) is 6.04 Å². The van der Waals surface area contributed by atoms with Gasteiger partial charge in [-0.05, 0) is 49.3 Å². The van der Waals surface area contributed by atoms with Crippen LogP contribution in [0, 0.1) is 0 Å². The second-order valence-electron chi connectivity index (χ2n) is 4.42. The van der Waals surface area contributed by atoms with Crippen molar-refractivity contribution in [2.75, 3.05) is 0 Å². The van der Waals surface area contributed by atoms with E-state index in [1.54, 1.807) is 0 Å². The summed E-state index contributed by atoms with van der Waals surface area (Å²) in [6.07, 6.45) is 4.93. The molecule has 1 aromatic carbocycles. The van der Waals surface area contributed by atoms with Crippen molar-refractivity contribution < 1.29 is 0 Å². The van der Waals surface area contributed by atoms with Crippen molar-refractivity contribution in [3.05, 3.63) is 34.9 Å². The number of aliphatic imine (C=N–C) groups is 1. The lowest BCUT2D eigenvalue weighted by molar-refractivity contribution is 0.667. The predicted octanol–water partition coefficient (Wildman–Crippen LogP) is 1.90. The van der Waals surface area contributed by atoms with Crippen LogP contribution in [0.5, 0.6) is 0 Å². The first-order valence-corrected chi connectivity index (χ1v) is 5.88. The largest absolute Gasteiger partial charge is 0.370 e. The number of nitrogens with two attached hydrogens (primary N) is 2. The van der Waals surface area contributed by atoms with Crippen molar-refractivity contribution in [1.82, 2.24) is 0 Å². The van der Waals surface area contributed by atoms with Crippen molar-refractivity contribution in [2.24, 2.45) is 16.5 Å². The molecule has 0 bridgehead atoms. The quantitative estimate of drug-likeness (QED) is 0.587. The Balaban J connectivity index is 2.37. The van der Waals surface area contributed by atoms with Crippen LogP contribution in [-0.4, -0.2) is 5.96 Å². The van der Waals surface area contributed by atoms with Gasteiger partial charge in [-0.3, -0.25) is 0 Å². The lowest BCUT2D eigenvalue weighted by Gasteiger charge is -2.21. The third-order valence-corrected chi connectivity index (χ3v) is 3.22. The molecule has 0 spiro atoms. The average Bonchev–Trinajstić information content (AvgIpc) is 2.27. The van der Waals surface area contributed by atoms with E-state index >= 15 is 0 Å². The molecule has 1 atom stereocenters. The molecule has 3 nitrogen and oxygen atoms in total.